The van der Waals surface area contributed by atoms with Crippen LogP contribution in [0.5, 0.6) is 0 Å². The predicted octanol–water partition coefficient (Wildman–Crippen LogP) is 1.28. The van der Waals surface area contributed by atoms with Gasteiger partial charge in [0.15, 0.2) is 0 Å². The number of amides is 1. The molecule has 1 aliphatic rings. The van der Waals surface area contributed by atoms with Crippen LogP contribution in [0.4, 0.5) is 15.9 Å². The lowest BCUT2D eigenvalue weighted by atomic mass is 10.3. The topological polar surface area (TPSA) is 70.2 Å². The van der Waals surface area contributed by atoms with Crippen LogP contribution < -0.4 is 15.5 Å². The minimum absolute atomic E-state index is 0.148. The van der Waals surface area contributed by atoms with E-state index in [0.29, 0.717) is 5.82 Å². The summed E-state index contributed by atoms with van der Waals surface area (Å²) >= 11 is 0. The standard InChI is InChI=1S/C15H16FN5O/c16-11-1-3-13(18-9-11)15(22)20-14-4-2-12(10-19-14)21-7-5-17-6-8-21/h1-4,9-10,17H,5-8H2,(H,19,20,22). The summed E-state index contributed by atoms with van der Waals surface area (Å²) < 4.78 is 12.8. The number of carbonyl (C=O) groups is 1. The van der Waals surface area contributed by atoms with E-state index in [0.717, 1.165) is 38.1 Å². The van der Waals surface area contributed by atoms with E-state index in [4.69, 9.17) is 0 Å². The third kappa shape index (κ3) is 3.37. The van der Waals surface area contributed by atoms with Crippen molar-refractivity contribution >= 4 is 17.4 Å². The third-order valence-corrected chi connectivity index (χ3v) is 3.43. The Kier molecular flexibility index (Phi) is 4.24. The van der Waals surface area contributed by atoms with Gasteiger partial charge in [-0.25, -0.2) is 14.4 Å². The van der Waals surface area contributed by atoms with E-state index in [-0.39, 0.29) is 5.69 Å². The maximum Gasteiger partial charge on any atom is 0.275 e. The SMILES string of the molecule is O=C(Nc1ccc(N2CCNCC2)cn1)c1ccc(F)cn1. The van der Waals surface area contributed by atoms with Crippen molar-refractivity contribution < 1.29 is 9.18 Å². The van der Waals surface area contributed by atoms with Gasteiger partial charge in [0, 0.05) is 26.2 Å². The van der Waals surface area contributed by atoms with E-state index < -0.39 is 11.7 Å². The summed E-state index contributed by atoms with van der Waals surface area (Å²) in [6, 6.07) is 6.20. The lowest BCUT2D eigenvalue weighted by molar-refractivity contribution is 0.102. The first-order chi connectivity index (χ1) is 10.7. The number of hydrogen-bond acceptors (Lipinski definition) is 5. The maximum atomic E-state index is 12.8. The highest BCUT2D eigenvalue weighted by molar-refractivity contribution is 6.02. The number of pyridine rings is 2. The average Bonchev–Trinajstić information content (AvgIpc) is 2.57. The van der Waals surface area contributed by atoms with Crippen molar-refractivity contribution in [3.63, 3.8) is 0 Å². The molecule has 22 heavy (non-hydrogen) atoms. The molecule has 1 saturated heterocycles. The Hall–Kier alpha value is -2.54. The summed E-state index contributed by atoms with van der Waals surface area (Å²) in [6.45, 7) is 3.78. The summed E-state index contributed by atoms with van der Waals surface area (Å²) in [4.78, 5) is 22.2. The van der Waals surface area contributed by atoms with Crippen molar-refractivity contribution in [1.82, 2.24) is 15.3 Å². The van der Waals surface area contributed by atoms with E-state index in [1.54, 1.807) is 12.3 Å². The van der Waals surface area contributed by atoms with E-state index in [1.165, 1.54) is 12.1 Å². The minimum Gasteiger partial charge on any atom is -0.368 e. The molecule has 3 heterocycles. The monoisotopic (exact) mass is 301 g/mol. The molecule has 0 aliphatic carbocycles. The van der Waals surface area contributed by atoms with Gasteiger partial charge in [0.1, 0.15) is 17.3 Å². The molecule has 2 aromatic heterocycles. The normalized spacial score (nSPS) is 14.7. The molecule has 0 atom stereocenters. The fourth-order valence-electron chi connectivity index (χ4n) is 2.26. The molecule has 7 heteroatoms. The lowest BCUT2D eigenvalue weighted by Crippen LogP contribution is -2.43. The first-order valence-electron chi connectivity index (χ1n) is 7.07. The zero-order valence-corrected chi connectivity index (χ0v) is 11.9. The van der Waals surface area contributed by atoms with Gasteiger partial charge in [-0.2, -0.15) is 0 Å². The number of piperazine rings is 1. The first-order valence-corrected chi connectivity index (χ1v) is 7.07. The number of halogens is 1. The quantitative estimate of drug-likeness (QED) is 0.893. The first kappa shape index (κ1) is 14.4. The molecule has 0 bridgehead atoms. The largest absolute Gasteiger partial charge is 0.368 e. The van der Waals surface area contributed by atoms with Crippen LogP contribution in [0.3, 0.4) is 0 Å². The molecule has 0 unspecified atom stereocenters. The number of hydrogen-bond donors (Lipinski definition) is 2. The molecule has 0 radical (unpaired) electrons. The van der Waals surface area contributed by atoms with Crippen LogP contribution in [0.1, 0.15) is 10.5 Å². The predicted molar refractivity (Wildman–Crippen MR) is 81.5 cm³/mol. The Bertz CT molecular complexity index is 638. The van der Waals surface area contributed by atoms with Crippen molar-refractivity contribution in [3.8, 4) is 0 Å². The molecular weight excluding hydrogens is 285 g/mol. The van der Waals surface area contributed by atoms with Crippen LogP contribution >= 0.6 is 0 Å². The van der Waals surface area contributed by atoms with Gasteiger partial charge in [-0.1, -0.05) is 0 Å². The van der Waals surface area contributed by atoms with E-state index >= 15 is 0 Å². The molecule has 1 fully saturated rings. The van der Waals surface area contributed by atoms with Crippen LogP contribution in [-0.2, 0) is 0 Å². The fourth-order valence-corrected chi connectivity index (χ4v) is 2.26. The lowest BCUT2D eigenvalue weighted by Gasteiger charge is -2.29. The Labute approximate surface area is 127 Å². The number of rotatable bonds is 3. The molecule has 2 N–H and O–H groups in total. The summed E-state index contributed by atoms with van der Waals surface area (Å²) in [5, 5.41) is 5.93. The Morgan fingerprint density at radius 2 is 1.95 bits per heavy atom. The number of nitrogens with zero attached hydrogens (tertiary/aromatic N) is 3. The van der Waals surface area contributed by atoms with Gasteiger partial charge in [0.05, 0.1) is 18.1 Å². The molecule has 0 aromatic carbocycles. The van der Waals surface area contributed by atoms with Crippen molar-refractivity contribution in [1.29, 1.82) is 0 Å². The number of carbonyl (C=O) groups excluding carboxylic acids is 1. The zero-order chi connectivity index (χ0) is 15.4. The van der Waals surface area contributed by atoms with Crippen LogP contribution in [0, 0.1) is 5.82 Å². The smallest absolute Gasteiger partial charge is 0.275 e. The van der Waals surface area contributed by atoms with Crippen LogP contribution in [0.2, 0.25) is 0 Å². The summed E-state index contributed by atoms with van der Waals surface area (Å²) in [5.41, 5.74) is 1.17. The second-order valence-corrected chi connectivity index (χ2v) is 4.95. The van der Waals surface area contributed by atoms with Gasteiger partial charge < -0.3 is 15.5 Å². The van der Waals surface area contributed by atoms with Crippen LogP contribution in [0.15, 0.2) is 36.7 Å². The summed E-state index contributed by atoms with van der Waals surface area (Å²) in [5.74, 6) is -0.451. The molecular formula is C15H16FN5O. The molecule has 3 rings (SSSR count). The van der Waals surface area contributed by atoms with Crippen LogP contribution in [-0.4, -0.2) is 42.1 Å². The van der Waals surface area contributed by atoms with Crippen molar-refractivity contribution in [2.75, 3.05) is 36.4 Å². The van der Waals surface area contributed by atoms with E-state index in [1.807, 2.05) is 6.07 Å². The van der Waals surface area contributed by atoms with Gasteiger partial charge in [-0.05, 0) is 24.3 Å². The molecule has 1 amide bonds. The minimum atomic E-state index is -0.477. The Morgan fingerprint density at radius 3 is 2.59 bits per heavy atom. The van der Waals surface area contributed by atoms with E-state index in [9.17, 15) is 9.18 Å². The number of anilines is 2. The van der Waals surface area contributed by atoms with Gasteiger partial charge in [0.25, 0.3) is 5.91 Å². The average molecular weight is 301 g/mol. The molecule has 0 spiro atoms. The molecule has 114 valence electrons. The Morgan fingerprint density at radius 1 is 1.14 bits per heavy atom. The van der Waals surface area contributed by atoms with Gasteiger partial charge >= 0.3 is 0 Å². The summed E-state index contributed by atoms with van der Waals surface area (Å²) in [6.07, 6.45) is 2.74. The highest BCUT2D eigenvalue weighted by Gasteiger charge is 2.12. The van der Waals surface area contributed by atoms with Crippen molar-refractivity contribution in [3.05, 3.63) is 48.2 Å². The highest BCUT2D eigenvalue weighted by Crippen LogP contribution is 2.16. The second-order valence-electron chi connectivity index (χ2n) is 4.95. The second kappa shape index (κ2) is 6.48. The van der Waals surface area contributed by atoms with Gasteiger partial charge in [0.2, 0.25) is 0 Å². The summed E-state index contributed by atoms with van der Waals surface area (Å²) in [7, 11) is 0. The molecule has 1 aliphatic heterocycles. The molecule has 6 nitrogen and oxygen atoms in total. The highest BCUT2D eigenvalue weighted by atomic mass is 19.1. The Balaban J connectivity index is 1.65. The number of nitrogens with one attached hydrogen (secondary N) is 2. The van der Waals surface area contributed by atoms with Gasteiger partial charge in [-0.15, -0.1) is 0 Å². The van der Waals surface area contributed by atoms with Crippen molar-refractivity contribution in [2.45, 2.75) is 0 Å². The molecule has 0 saturated carbocycles. The van der Waals surface area contributed by atoms with E-state index in [2.05, 4.69) is 25.5 Å². The molecule has 2 aromatic rings. The number of aromatic nitrogens is 2. The third-order valence-electron chi connectivity index (χ3n) is 3.43. The van der Waals surface area contributed by atoms with Gasteiger partial charge in [-0.3, -0.25) is 4.79 Å². The maximum absolute atomic E-state index is 12.8. The fraction of sp³-hybridized carbons (Fsp3) is 0.267. The van der Waals surface area contributed by atoms with Crippen LogP contribution in [0.25, 0.3) is 0 Å². The van der Waals surface area contributed by atoms with Crippen molar-refractivity contribution in [2.24, 2.45) is 0 Å². The zero-order valence-electron chi connectivity index (χ0n) is 11.9.